The molecule has 0 heterocycles. The summed E-state index contributed by atoms with van der Waals surface area (Å²) in [5, 5.41) is 2.39. The van der Waals surface area contributed by atoms with Gasteiger partial charge in [-0.05, 0) is 67.8 Å². The molecule has 3 aromatic rings. The van der Waals surface area contributed by atoms with Gasteiger partial charge in [0.05, 0.1) is 21.2 Å². The van der Waals surface area contributed by atoms with Crippen LogP contribution >= 0.6 is 27.5 Å². The Bertz CT molecular complexity index is 1570. The number of hydrogen-bond acceptors (Lipinski definition) is 4. The van der Waals surface area contributed by atoms with Crippen LogP contribution in [0.15, 0.2) is 82.2 Å². The Kier molecular flexibility index (Phi) is 11.0. The minimum Gasteiger partial charge on any atom is -0.352 e. The van der Waals surface area contributed by atoms with Crippen molar-refractivity contribution >= 4 is 55.1 Å². The molecule has 7 nitrogen and oxygen atoms in total. The van der Waals surface area contributed by atoms with E-state index in [2.05, 4.69) is 21.2 Å². The van der Waals surface area contributed by atoms with Gasteiger partial charge in [0.15, 0.2) is 0 Å². The molecule has 0 aromatic heterocycles. The maximum Gasteiger partial charge on any atom is 0.417 e. The zero-order valence-corrected chi connectivity index (χ0v) is 27.0. The molecule has 0 saturated heterocycles. The molecule has 0 bridgehead atoms. The number of carbonyl (C=O) groups excluding carboxylic acids is 2. The van der Waals surface area contributed by atoms with Crippen molar-refractivity contribution in [3.63, 3.8) is 0 Å². The second-order valence-electron chi connectivity index (χ2n) is 10.7. The minimum atomic E-state index is -4.88. The lowest BCUT2D eigenvalue weighted by Gasteiger charge is -2.33. The molecule has 4 rings (SSSR count). The van der Waals surface area contributed by atoms with Crippen molar-refractivity contribution in [2.45, 2.75) is 68.7 Å². The Morgan fingerprint density at radius 1 is 1.00 bits per heavy atom. The number of alkyl halides is 3. The largest absolute Gasteiger partial charge is 0.417 e. The lowest BCUT2D eigenvalue weighted by Crippen LogP contribution is -2.53. The maximum absolute atomic E-state index is 14.0. The molecule has 0 unspecified atom stereocenters. The monoisotopic (exact) mass is 713 g/mol. The van der Waals surface area contributed by atoms with Gasteiger partial charge in [0.25, 0.3) is 10.0 Å². The first-order chi connectivity index (χ1) is 20.8. The van der Waals surface area contributed by atoms with Crippen molar-refractivity contribution in [1.29, 1.82) is 0 Å². The Morgan fingerprint density at radius 2 is 1.64 bits per heavy atom. The molecule has 0 aliphatic heterocycles. The Balaban J connectivity index is 1.73. The van der Waals surface area contributed by atoms with Gasteiger partial charge in [-0.15, -0.1) is 0 Å². The summed E-state index contributed by atoms with van der Waals surface area (Å²) in [6.45, 7) is 0.641. The highest BCUT2D eigenvalue weighted by Crippen LogP contribution is 2.38. The predicted octanol–water partition coefficient (Wildman–Crippen LogP) is 7.18. The van der Waals surface area contributed by atoms with Crippen molar-refractivity contribution in [1.82, 2.24) is 10.2 Å². The van der Waals surface area contributed by atoms with Crippen LogP contribution in [0.4, 0.5) is 18.9 Å². The van der Waals surface area contributed by atoms with Gasteiger partial charge >= 0.3 is 6.18 Å². The van der Waals surface area contributed by atoms with E-state index in [0.29, 0.717) is 15.9 Å². The average molecular weight is 715 g/mol. The van der Waals surface area contributed by atoms with Crippen LogP contribution < -0.4 is 9.62 Å². The normalized spacial score (nSPS) is 15.0. The molecule has 44 heavy (non-hydrogen) atoms. The number of sulfonamides is 1. The van der Waals surface area contributed by atoms with Gasteiger partial charge < -0.3 is 10.2 Å². The number of hydrogen-bond donors (Lipinski definition) is 1. The van der Waals surface area contributed by atoms with E-state index in [1.807, 2.05) is 0 Å². The smallest absolute Gasteiger partial charge is 0.352 e. The van der Waals surface area contributed by atoms with Gasteiger partial charge in [0.1, 0.15) is 12.6 Å². The van der Waals surface area contributed by atoms with Crippen molar-refractivity contribution < 1.29 is 31.2 Å². The molecule has 0 spiro atoms. The van der Waals surface area contributed by atoms with E-state index in [9.17, 15) is 31.2 Å². The molecule has 3 aromatic carbocycles. The predicted molar refractivity (Wildman–Crippen MR) is 167 cm³/mol. The molecule has 1 fully saturated rings. The van der Waals surface area contributed by atoms with E-state index >= 15 is 0 Å². The fourth-order valence-electron chi connectivity index (χ4n) is 5.07. The molecule has 1 saturated carbocycles. The van der Waals surface area contributed by atoms with E-state index in [-0.39, 0.29) is 17.5 Å². The second-order valence-corrected chi connectivity index (χ2v) is 13.8. The van der Waals surface area contributed by atoms with E-state index < -0.39 is 56.9 Å². The summed E-state index contributed by atoms with van der Waals surface area (Å²) in [5.74, 6) is -1.17. The lowest BCUT2D eigenvalue weighted by atomic mass is 9.95. The van der Waals surface area contributed by atoms with E-state index in [4.69, 9.17) is 11.6 Å². The highest BCUT2D eigenvalue weighted by Gasteiger charge is 2.37. The summed E-state index contributed by atoms with van der Waals surface area (Å²) >= 11 is 9.19. The average Bonchev–Trinajstić information content (AvgIpc) is 2.99. The van der Waals surface area contributed by atoms with Gasteiger partial charge in [0, 0.05) is 17.1 Å². The molecular weight excluding hydrogens is 683 g/mol. The zero-order chi connectivity index (χ0) is 32.1. The van der Waals surface area contributed by atoms with E-state index in [0.717, 1.165) is 48.7 Å². The topological polar surface area (TPSA) is 86.8 Å². The summed E-state index contributed by atoms with van der Waals surface area (Å²) in [5.41, 5.74) is -0.978. The Hall–Kier alpha value is -3.09. The summed E-state index contributed by atoms with van der Waals surface area (Å²) in [7, 11) is -4.54. The second kappa shape index (κ2) is 14.3. The van der Waals surface area contributed by atoms with Crippen molar-refractivity contribution in [2.75, 3.05) is 10.8 Å². The number of nitrogens with zero attached hydrogens (tertiary/aromatic N) is 2. The number of halogens is 5. The van der Waals surface area contributed by atoms with Crippen molar-refractivity contribution in [3.8, 4) is 0 Å². The minimum absolute atomic E-state index is 0.0341. The van der Waals surface area contributed by atoms with Crippen molar-refractivity contribution in [2.24, 2.45) is 0 Å². The third-order valence-electron chi connectivity index (χ3n) is 7.54. The number of benzene rings is 3. The van der Waals surface area contributed by atoms with Gasteiger partial charge in [-0.2, -0.15) is 13.2 Å². The zero-order valence-electron chi connectivity index (χ0n) is 23.9. The molecule has 2 amide bonds. The quantitative estimate of drug-likeness (QED) is 0.241. The van der Waals surface area contributed by atoms with Crippen LogP contribution in [0, 0.1) is 0 Å². The fraction of sp³-hybridized carbons (Fsp3) is 0.355. The van der Waals surface area contributed by atoms with Crippen LogP contribution in [-0.4, -0.2) is 43.8 Å². The molecule has 1 aliphatic rings. The van der Waals surface area contributed by atoms with Gasteiger partial charge in [-0.1, -0.05) is 77.1 Å². The highest BCUT2D eigenvalue weighted by molar-refractivity contribution is 9.10. The number of anilines is 1. The fourth-order valence-corrected chi connectivity index (χ4v) is 6.99. The first-order valence-electron chi connectivity index (χ1n) is 14.1. The molecule has 1 aliphatic carbocycles. The third-order valence-corrected chi connectivity index (χ3v) is 10.2. The molecule has 13 heteroatoms. The van der Waals surface area contributed by atoms with Crippen LogP contribution in [0.25, 0.3) is 0 Å². The maximum atomic E-state index is 14.0. The molecular formula is C31H32BrClF3N3O4S. The lowest BCUT2D eigenvalue weighted by molar-refractivity contribution is -0.139. The van der Waals surface area contributed by atoms with Crippen LogP contribution in [0.1, 0.15) is 50.2 Å². The van der Waals surface area contributed by atoms with E-state index in [1.54, 1.807) is 37.3 Å². The van der Waals surface area contributed by atoms with Crippen LogP contribution in [-0.2, 0) is 32.3 Å². The standard InChI is InChI=1S/C31H32BrClF3N3O4S/c1-21(30(41)37-24-8-4-2-5-9-24)38(19-22-12-14-23(32)15-13-22)29(40)20-39(44(42,43)26-10-6-3-7-11-26)25-16-17-28(33)27(18-25)31(34,35)36/h3,6-7,10-18,21,24H,2,4-5,8-9,19-20H2,1H3,(H,37,41)/t21-/m0/s1. The highest BCUT2D eigenvalue weighted by atomic mass is 79.9. The third kappa shape index (κ3) is 8.33. The molecule has 1 N–H and O–H groups in total. The SMILES string of the molecule is C[C@@H](C(=O)NC1CCCCC1)N(Cc1ccc(Br)cc1)C(=O)CN(c1ccc(Cl)c(C(F)(F)F)c1)S(=O)(=O)c1ccccc1. The van der Waals surface area contributed by atoms with Gasteiger partial charge in [-0.3, -0.25) is 13.9 Å². The van der Waals surface area contributed by atoms with E-state index in [1.165, 1.54) is 29.2 Å². The van der Waals surface area contributed by atoms with Crippen LogP contribution in [0.2, 0.25) is 5.02 Å². The summed E-state index contributed by atoms with van der Waals surface area (Å²) in [4.78, 5) is 28.5. The van der Waals surface area contributed by atoms with Gasteiger partial charge in [0.2, 0.25) is 11.8 Å². The number of nitrogens with one attached hydrogen (secondary N) is 1. The first kappa shape index (κ1) is 33.8. The summed E-state index contributed by atoms with van der Waals surface area (Å²) < 4.78 is 70.5. The Labute approximate surface area is 268 Å². The van der Waals surface area contributed by atoms with Crippen LogP contribution in [0.3, 0.4) is 0 Å². The van der Waals surface area contributed by atoms with Crippen LogP contribution in [0.5, 0.6) is 0 Å². The van der Waals surface area contributed by atoms with Gasteiger partial charge in [-0.25, -0.2) is 8.42 Å². The number of amides is 2. The Morgan fingerprint density at radius 3 is 2.25 bits per heavy atom. The first-order valence-corrected chi connectivity index (χ1v) is 16.7. The molecule has 0 radical (unpaired) electrons. The number of carbonyl (C=O) groups is 2. The molecule has 1 atom stereocenters. The van der Waals surface area contributed by atoms with Crippen molar-refractivity contribution in [3.05, 3.63) is 93.4 Å². The summed E-state index contributed by atoms with van der Waals surface area (Å²) in [6, 6.07) is 15.7. The number of rotatable bonds is 10. The summed E-state index contributed by atoms with van der Waals surface area (Å²) in [6.07, 6.45) is -0.190. The molecule has 236 valence electrons.